The lowest BCUT2D eigenvalue weighted by Gasteiger charge is -2.32. The van der Waals surface area contributed by atoms with Crippen LogP contribution in [0.1, 0.15) is 48.5 Å². The molecular formula is C25H36IN5O. The number of nitrogens with one attached hydrogen (secondary N) is 2. The summed E-state index contributed by atoms with van der Waals surface area (Å²) in [6.07, 6.45) is 6.84. The van der Waals surface area contributed by atoms with Crippen molar-refractivity contribution in [1.29, 1.82) is 0 Å². The van der Waals surface area contributed by atoms with Gasteiger partial charge in [-0.25, -0.2) is 4.98 Å². The van der Waals surface area contributed by atoms with Crippen molar-refractivity contribution < 1.29 is 4.74 Å². The lowest BCUT2D eigenvalue weighted by Crippen LogP contribution is -2.41. The molecule has 32 heavy (non-hydrogen) atoms. The van der Waals surface area contributed by atoms with Gasteiger partial charge in [-0.2, -0.15) is 0 Å². The Kier molecular flexibility index (Phi) is 9.59. The van der Waals surface area contributed by atoms with Gasteiger partial charge in [0.05, 0.1) is 6.10 Å². The largest absolute Gasteiger partial charge is 0.373 e. The van der Waals surface area contributed by atoms with Gasteiger partial charge in [0.25, 0.3) is 0 Å². The van der Waals surface area contributed by atoms with Gasteiger partial charge in [0.1, 0.15) is 5.82 Å². The van der Waals surface area contributed by atoms with Gasteiger partial charge >= 0.3 is 0 Å². The van der Waals surface area contributed by atoms with E-state index in [1.807, 2.05) is 13.2 Å². The van der Waals surface area contributed by atoms with Crippen molar-refractivity contribution in [3.05, 3.63) is 59.3 Å². The third-order valence-electron chi connectivity index (χ3n) is 6.31. The second kappa shape index (κ2) is 12.4. The summed E-state index contributed by atoms with van der Waals surface area (Å²) >= 11 is 0. The number of nitrogens with zero attached hydrogens (tertiary/aromatic N) is 3. The summed E-state index contributed by atoms with van der Waals surface area (Å²) in [7, 11) is 1.83. The number of anilines is 1. The van der Waals surface area contributed by atoms with E-state index < -0.39 is 0 Å². The Morgan fingerprint density at radius 3 is 2.66 bits per heavy atom. The summed E-state index contributed by atoms with van der Waals surface area (Å²) < 4.78 is 6.16. The van der Waals surface area contributed by atoms with Crippen LogP contribution in [-0.2, 0) is 11.3 Å². The lowest BCUT2D eigenvalue weighted by molar-refractivity contribution is -0.0265. The van der Waals surface area contributed by atoms with Crippen molar-refractivity contribution in [2.24, 2.45) is 10.9 Å². The molecule has 2 fully saturated rings. The summed E-state index contributed by atoms with van der Waals surface area (Å²) in [6, 6.07) is 13.0. The molecule has 174 valence electrons. The van der Waals surface area contributed by atoms with E-state index in [0.29, 0.717) is 5.92 Å². The topological polar surface area (TPSA) is 61.8 Å². The highest BCUT2D eigenvalue weighted by molar-refractivity contribution is 14.0. The van der Waals surface area contributed by atoms with E-state index >= 15 is 0 Å². The van der Waals surface area contributed by atoms with Gasteiger partial charge in [0.2, 0.25) is 0 Å². The van der Waals surface area contributed by atoms with Crippen LogP contribution in [0.15, 0.2) is 47.6 Å². The van der Waals surface area contributed by atoms with Crippen molar-refractivity contribution >= 4 is 35.8 Å². The van der Waals surface area contributed by atoms with E-state index in [9.17, 15) is 0 Å². The maximum Gasteiger partial charge on any atom is 0.191 e. The summed E-state index contributed by atoms with van der Waals surface area (Å²) in [5.41, 5.74) is 3.77. The normalized spacial score (nSPS) is 21.2. The van der Waals surface area contributed by atoms with Crippen LogP contribution in [-0.4, -0.2) is 44.2 Å². The molecule has 2 aliphatic rings. The number of rotatable bonds is 6. The van der Waals surface area contributed by atoms with Crippen molar-refractivity contribution in [3.63, 3.8) is 0 Å². The molecule has 7 heteroatoms. The molecule has 6 nitrogen and oxygen atoms in total. The number of pyridine rings is 1. The van der Waals surface area contributed by atoms with Crippen LogP contribution in [0.4, 0.5) is 5.82 Å². The zero-order valence-corrected chi connectivity index (χ0v) is 21.5. The summed E-state index contributed by atoms with van der Waals surface area (Å²) in [5, 5.41) is 6.98. The molecule has 2 N–H and O–H groups in total. The maximum atomic E-state index is 6.16. The highest BCUT2D eigenvalue weighted by atomic mass is 127. The zero-order chi connectivity index (χ0) is 21.5. The third kappa shape index (κ3) is 6.57. The number of benzene rings is 1. The molecule has 0 saturated carbocycles. The molecule has 2 aliphatic heterocycles. The second-order valence-electron chi connectivity index (χ2n) is 8.63. The van der Waals surface area contributed by atoms with E-state index in [1.165, 1.54) is 29.5 Å². The minimum absolute atomic E-state index is 0. The van der Waals surface area contributed by atoms with E-state index in [4.69, 9.17) is 4.74 Å². The van der Waals surface area contributed by atoms with Crippen LogP contribution in [0.25, 0.3) is 0 Å². The van der Waals surface area contributed by atoms with Gasteiger partial charge < -0.3 is 20.3 Å². The van der Waals surface area contributed by atoms with Crippen molar-refractivity contribution in [2.75, 3.05) is 38.2 Å². The summed E-state index contributed by atoms with van der Waals surface area (Å²) in [5.74, 6) is 2.34. The molecule has 2 unspecified atom stereocenters. The van der Waals surface area contributed by atoms with Gasteiger partial charge in [0.15, 0.2) is 5.96 Å². The number of aromatic nitrogens is 1. The van der Waals surface area contributed by atoms with Crippen LogP contribution in [0.3, 0.4) is 0 Å². The van der Waals surface area contributed by atoms with E-state index in [1.54, 1.807) is 0 Å². The molecule has 2 saturated heterocycles. The molecule has 4 rings (SSSR count). The van der Waals surface area contributed by atoms with Crippen LogP contribution in [0, 0.1) is 12.8 Å². The molecule has 0 aliphatic carbocycles. The predicted molar refractivity (Wildman–Crippen MR) is 142 cm³/mol. The monoisotopic (exact) mass is 549 g/mol. The predicted octanol–water partition coefficient (Wildman–Crippen LogP) is 4.44. The maximum absolute atomic E-state index is 6.16. The average molecular weight is 550 g/mol. The molecule has 0 spiro atoms. The number of ether oxygens (including phenoxy) is 1. The third-order valence-corrected chi connectivity index (χ3v) is 6.31. The van der Waals surface area contributed by atoms with Crippen LogP contribution in [0.2, 0.25) is 0 Å². The zero-order valence-electron chi connectivity index (χ0n) is 19.2. The summed E-state index contributed by atoms with van der Waals surface area (Å²) in [4.78, 5) is 11.3. The molecule has 2 aromatic rings. The fourth-order valence-corrected chi connectivity index (χ4v) is 4.50. The summed E-state index contributed by atoms with van der Waals surface area (Å²) in [6.45, 7) is 6.75. The lowest BCUT2D eigenvalue weighted by atomic mass is 9.89. The fourth-order valence-electron chi connectivity index (χ4n) is 4.50. The second-order valence-corrected chi connectivity index (χ2v) is 8.63. The molecule has 0 radical (unpaired) electrons. The number of guanidine groups is 1. The number of halogens is 1. The Hall–Kier alpha value is -1.87. The smallest absolute Gasteiger partial charge is 0.191 e. The van der Waals surface area contributed by atoms with E-state index in [0.717, 1.165) is 57.4 Å². The first kappa shape index (κ1) is 24.8. The highest BCUT2D eigenvalue weighted by Crippen LogP contribution is 2.33. The van der Waals surface area contributed by atoms with Crippen LogP contribution in [0.5, 0.6) is 0 Å². The SMILES string of the molecule is CN=C(NCc1ccnc(N2CCCC2)c1)NCC1CCCOC1c1ccc(C)cc1.I. The van der Waals surface area contributed by atoms with Crippen molar-refractivity contribution in [1.82, 2.24) is 15.6 Å². The van der Waals surface area contributed by atoms with Crippen LogP contribution < -0.4 is 15.5 Å². The number of aryl methyl sites for hydroxylation is 1. The van der Waals surface area contributed by atoms with E-state index in [-0.39, 0.29) is 30.1 Å². The van der Waals surface area contributed by atoms with Gasteiger partial charge in [0, 0.05) is 51.9 Å². The molecular weight excluding hydrogens is 513 g/mol. The van der Waals surface area contributed by atoms with E-state index in [2.05, 4.69) is 68.8 Å². The van der Waals surface area contributed by atoms with Crippen molar-refractivity contribution in [2.45, 2.75) is 45.3 Å². The average Bonchev–Trinajstić information content (AvgIpc) is 3.35. The van der Waals surface area contributed by atoms with Gasteiger partial charge in [-0.15, -0.1) is 24.0 Å². The van der Waals surface area contributed by atoms with Gasteiger partial charge in [-0.05, 0) is 55.9 Å². The van der Waals surface area contributed by atoms with Crippen LogP contribution >= 0.6 is 24.0 Å². The molecule has 0 amide bonds. The molecule has 3 heterocycles. The minimum atomic E-state index is 0. The molecule has 2 atom stereocenters. The Balaban J connectivity index is 0.00000289. The van der Waals surface area contributed by atoms with Gasteiger partial charge in [-0.1, -0.05) is 29.8 Å². The number of hydrogen-bond donors (Lipinski definition) is 2. The minimum Gasteiger partial charge on any atom is -0.373 e. The highest BCUT2D eigenvalue weighted by Gasteiger charge is 2.27. The number of hydrogen-bond acceptors (Lipinski definition) is 4. The Morgan fingerprint density at radius 1 is 1.12 bits per heavy atom. The standard InChI is InChI=1S/C25H35N5O.HI/c1-19-7-9-21(10-8-19)24-22(6-5-15-31-24)18-29-25(26-2)28-17-20-11-12-27-23(16-20)30-13-3-4-14-30;/h7-12,16,22,24H,3-6,13-15,17-18H2,1-2H3,(H2,26,28,29);1H. The van der Waals surface area contributed by atoms with Crippen molar-refractivity contribution in [3.8, 4) is 0 Å². The first-order chi connectivity index (χ1) is 15.2. The molecule has 1 aromatic heterocycles. The Labute approximate surface area is 209 Å². The number of aliphatic imine (C=N–C) groups is 1. The Bertz CT molecular complexity index is 867. The Morgan fingerprint density at radius 2 is 1.91 bits per heavy atom. The molecule has 0 bridgehead atoms. The van der Waals surface area contributed by atoms with Gasteiger partial charge in [-0.3, -0.25) is 4.99 Å². The quantitative estimate of drug-likeness (QED) is 0.317. The molecule has 1 aromatic carbocycles. The first-order valence-corrected chi connectivity index (χ1v) is 11.6. The fraction of sp³-hybridized carbons (Fsp3) is 0.520. The first-order valence-electron chi connectivity index (χ1n) is 11.6.